The maximum atomic E-state index is 12.6. The third-order valence-corrected chi connectivity index (χ3v) is 4.99. The van der Waals surface area contributed by atoms with E-state index in [9.17, 15) is 4.79 Å². The molecule has 0 radical (unpaired) electrons. The summed E-state index contributed by atoms with van der Waals surface area (Å²) < 4.78 is 0.962. The minimum absolute atomic E-state index is 0.181. The van der Waals surface area contributed by atoms with Crippen LogP contribution >= 0.6 is 15.9 Å². The van der Waals surface area contributed by atoms with Crippen molar-refractivity contribution in [3.63, 3.8) is 0 Å². The van der Waals surface area contributed by atoms with Crippen molar-refractivity contribution in [3.8, 4) is 0 Å². The number of nitrogens with zero attached hydrogens (tertiary/aromatic N) is 2. The van der Waals surface area contributed by atoms with Crippen LogP contribution in [0.2, 0.25) is 0 Å². The molecule has 5 rings (SSSR count). The van der Waals surface area contributed by atoms with Crippen LogP contribution in [0, 0.1) is 0 Å². The number of H-pyrrole nitrogens is 1. The van der Waals surface area contributed by atoms with Crippen molar-refractivity contribution in [1.82, 2.24) is 15.0 Å². The van der Waals surface area contributed by atoms with Crippen molar-refractivity contribution in [2.75, 3.05) is 5.32 Å². The number of nitrogens with one attached hydrogen (secondary N) is 2. The minimum Gasteiger partial charge on any atom is -0.338 e. The average molecular weight is 417 g/mol. The summed E-state index contributed by atoms with van der Waals surface area (Å²) in [4.78, 5) is 25.3. The van der Waals surface area contributed by atoms with Gasteiger partial charge in [-0.15, -0.1) is 0 Å². The molecule has 0 fully saturated rings. The van der Waals surface area contributed by atoms with Gasteiger partial charge in [-0.25, -0.2) is 9.97 Å². The van der Waals surface area contributed by atoms with E-state index in [1.165, 1.54) is 0 Å². The van der Waals surface area contributed by atoms with Gasteiger partial charge in [0.15, 0.2) is 5.65 Å². The van der Waals surface area contributed by atoms with Gasteiger partial charge in [0.2, 0.25) is 0 Å². The Bertz CT molecular complexity index is 1330. The zero-order valence-corrected chi connectivity index (χ0v) is 15.6. The molecule has 2 heterocycles. The van der Waals surface area contributed by atoms with Crippen molar-refractivity contribution in [2.24, 2.45) is 0 Å². The highest BCUT2D eigenvalue weighted by atomic mass is 79.9. The zero-order valence-electron chi connectivity index (χ0n) is 14.0. The molecule has 1 amide bonds. The number of rotatable bonds is 2. The molecule has 130 valence electrons. The van der Waals surface area contributed by atoms with Crippen LogP contribution in [0.25, 0.3) is 33.1 Å². The Morgan fingerprint density at radius 1 is 0.926 bits per heavy atom. The van der Waals surface area contributed by atoms with Gasteiger partial charge in [0, 0.05) is 26.6 Å². The van der Waals surface area contributed by atoms with E-state index in [4.69, 9.17) is 4.98 Å². The fourth-order valence-corrected chi connectivity index (χ4v) is 3.40. The Morgan fingerprint density at radius 3 is 2.59 bits per heavy atom. The highest BCUT2D eigenvalue weighted by Gasteiger charge is 2.11. The van der Waals surface area contributed by atoms with E-state index < -0.39 is 0 Å². The fraction of sp³-hybridized carbons (Fsp3) is 0. The van der Waals surface area contributed by atoms with Crippen molar-refractivity contribution < 1.29 is 4.79 Å². The summed E-state index contributed by atoms with van der Waals surface area (Å²) in [6.07, 6.45) is 0. The van der Waals surface area contributed by atoms with E-state index in [1.807, 2.05) is 54.6 Å². The summed E-state index contributed by atoms with van der Waals surface area (Å²) in [5.74, 6) is -0.181. The maximum Gasteiger partial charge on any atom is 0.255 e. The standard InChI is InChI=1S/C21H13BrN4O/c22-13-6-8-14(9-7-13)23-21(27)12-5-10-17-18(11-12)24-19-15-3-1-2-4-16(15)25-20(19)26-17/h1-11H,(H,23,27)(H,25,26). The quantitative estimate of drug-likeness (QED) is 0.411. The third-order valence-electron chi connectivity index (χ3n) is 4.46. The predicted molar refractivity (Wildman–Crippen MR) is 111 cm³/mol. The van der Waals surface area contributed by atoms with E-state index >= 15 is 0 Å². The second kappa shape index (κ2) is 6.17. The number of anilines is 1. The molecule has 3 aromatic carbocycles. The summed E-state index contributed by atoms with van der Waals surface area (Å²) in [6, 6.07) is 20.8. The second-order valence-corrected chi connectivity index (χ2v) is 7.17. The Hall–Kier alpha value is -3.25. The number of hydrogen-bond acceptors (Lipinski definition) is 3. The van der Waals surface area contributed by atoms with Gasteiger partial charge in [0.1, 0.15) is 5.52 Å². The molecule has 6 heteroatoms. The predicted octanol–water partition coefficient (Wildman–Crippen LogP) is 5.28. The Morgan fingerprint density at radius 2 is 1.74 bits per heavy atom. The van der Waals surface area contributed by atoms with Crippen LogP contribution in [0.1, 0.15) is 10.4 Å². The lowest BCUT2D eigenvalue weighted by Crippen LogP contribution is -2.11. The van der Waals surface area contributed by atoms with Gasteiger partial charge >= 0.3 is 0 Å². The number of amides is 1. The molecule has 2 aromatic heterocycles. The summed E-state index contributed by atoms with van der Waals surface area (Å²) >= 11 is 3.39. The lowest BCUT2D eigenvalue weighted by molar-refractivity contribution is 0.102. The van der Waals surface area contributed by atoms with Crippen LogP contribution in [0.15, 0.2) is 71.2 Å². The van der Waals surface area contributed by atoms with Gasteiger partial charge in [0.05, 0.1) is 11.0 Å². The van der Waals surface area contributed by atoms with Crippen molar-refractivity contribution in [1.29, 1.82) is 0 Å². The van der Waals surface area contributed by atoms with Crippen LogP contribution in [0.3, 0.4) is 0 Å². The SMILES string of the molecule is O=C(Nc1ccc(Br)cc1)c1ccc2nc3[nH]c4ccccc4c3nc2c1. The molecule has 27 heavy (non-hydrogen) atoms. The van der Waals surface area contributed by atoms with Crippen molar-refractivity contribution in [2.45, 2.75) is 0 Å². The first-order valence-electron chi connectivity index (χ1n) is 8.42. The summed E-state index contributed by atoms with van der Waals surface area (Å²) in [6.45, 7) is 0. The van der Waals surface area contributed by atoms with E-state index in [0.717, 1.165) is 37.7 Å². The number of carbonyl (C=O) groups excluding carboxylic acids is 1. The number of hydrogen-bond donors (Lipinski definition) is 2. The first kappa shape index (κ1) is 16.0. The van der Waals surface area contributed by atoms with E-state index in [-0.39, 0.29) is 5.91 Å². The number of benzene rings is 3. The third kappa shape index (κ3) is 2.84. The molecule has 0 unspecified atom stereocenters. The van der Waals surface area contributed by atoms with Gasteiger partial charge in [-0.2, -0.15) is 0 Å². The summed E-state index contributed by atoms with van der Waals surface area (Å²) in [5.41, 5.74) is 5.26. The van der Waals surface area contributed by atoms with Crippen LogP contribution in [0.5, 0.6) is 0 Å². The normalized spacial score (nSPS) is 11.3. The Balaban J connectivity index is 1.57. The number of para-hydroxylation sites is 1. The molecule has 0 atom stereocenters. The molecule has 0 saturated carbocycles. The summed E-state index contributed by atoms with van der Waals surface area (Å²) in [7, 11) is 0. The number of aromatic nitrogens is 3. The molecule has 0 aliphatic heterocycles. The highest BCUT2D eigenvalue weighted by molar-refractivity contribution is 9.10. The van der Waals surface area contributed by atoms with E-state index in [1.54, 1.807) is 12.1 Å². The molecule has 0 spiro atoms. The zero-order chi connectivity index (χ0) is 18.4. The molecule has 0 aliphatic rings. The lowest BCUT2D eigenvalue weighted by Gasteiger charge is -2.06. The van der Waals surface area contributed by atoms with Crippen molar-refractivity contribution >= 4 is 60.6 Å². The van der Waals surface area contributed by atoms with Gasteiger partial charge in [-0.3, -0.25) is 4.79 Å². The monoisotopic (exact) mass is 416 g/mol. The minimum atomic E-state index is -0.181. The molecule has 0 aliphatic carbocycles. The molecule has 0 saturated heterocycles. The van der Waals surface area contributed by atoms with Gasteiger partial charge in [-0.1, -0.05) is 34.1 Å². The van der Waals surface area contributed by atoms with Crippen LogP contribution in [-0.4, -0.2) is 20.9 Å². The smallest absolute Gasteiger partial charge is 0.255 e. The van der Waals surface area contributed by atoms with Crippen molar-refractivity contribution in [3.05, 3.63) is 76.8 Å². The Labute approximate surface area is 162 Å². The highest BCUT2D eigenvalue weighted by Crippen LogP contribution is 2.25. The lowest BCUT2D eigenvalue weighted by atomic mass is 10.1. The van der Waals surface area contributed by atoms with E-state index in [0.29, 0.717) is 11.1 Å². The molecule has 5 nitrogen and oxygen atoms in total. The van der Waals surface area contributed by atoms with Crippen LogP contribution < -0.4 is 5.32 Å². The molecular formula is C21H13BrN4O. The number of carbonyl (C=O) groups is 1. The number of halogens is 1. The largest absolute Gasteiger partial charge is 0.338 e. The van der Waals surface area contributed by atoms with Gasteiger partial charge in [-0.05, 0) is 48.5 Å². The number of aromatic amines is 1. The Kier molecular flexibility index (Phi) is 3.65. The average Bonchev–Trinajstić information content (AvgIpc) is 3.05. The summed E-state index contributed by atoms with van der Waals surface area (Å²) in [5, 5.41) is 3.92. The second-order valence-electron chi connectivity index (χ2n) is 6.26. The molecule has 0 bridgehead atoms. The van der Waals surface area contributed by atoms with E-state index in [2.05, 4.69) is 31.2 Å². The number of fused-ring (bicyclic) bond motifs is 4. The molecule has 5 aromatic rings. The topological polar surface area (TPSA) is 70.7 Å². The first-order chi connectivity index (χ1) is 13.2. The van der Waals surface area contributed by atoms with Crippen LogP contribution in [0.4, 0.5) is 5.69 Å². The van der Waals surface area contributed by atoms with Gasteiger partial charge < -0.3 is 10.3 Å². The molecule has 2 N–H and O–H groups in total. The molecular weight excluding hydrogens is 404 g/mol. The fourth-order valence-electron chi connectivity index (χ4n) is 3.13. The first-order valence-corrected chi connectivity index (χ1v) is 9.22. The van der Waals surface area contributed by atoms with Crippen LogP contribution in [-0.2, 0) is 0 Å². The van der Waals surface area contributed by atoms with Gasteiger partial charge in [0.25, 0.3) is 5.91 Å². The maximum absolute atomic E-state index is 12.6.